The Bertz CT molecular complexity index is 1110. The lowest BCUT2D eigenvalue weighted by Crippen LogP contribution is -2.49. The van der Waals surface area contributed by atoms with Gasteiger partial charge in [0.25, 0.3) is 5.91 Å². The van der Waals surface area contributed by atoms with Gasteiger partial charge in [-0.1, -0.05) is 21.1 Å². The maximum atomic E-state index is 12.6. The molecule has 4 N–H and O–H groups in total. The number of methoxy groups -OCH3 is 1. The zero-order valence-corrected chi connectivity index (χ0v) is 25.6. The number of halogens is 4. The zero-order valence-electron chi connectivity index (χ0n) is 19.3. The third kappa shape index (κ3) is 7.06. The molecule has 0 saturated heterocycles. The Kier molecular flexibility index (Phi) is 10.8. The number of hydrogen-bond acceptors (Lipinski definition) is 9. The quantitative estimate of drug-likeness (QED) is 0.198. The van der Waals surface area contributed by atoms with E-state index in [-0.39, 0.29) is 31.8 Å². The SMILES string of the molecule is COC1=C(Br)C[C@]2(OC=C1Br)ON=C(C(=O)NCCCOc1c(Br)cc([C@H](O)CNC=O)cc1Br)[C@@H]2O. The van der Waals surface area contributed by atoms with Crippen LogP contribution >= 0.6 is 63.7 Å². The van der Waals surface area contributed by atoms with Crippen LogP contribution in [0.5, 0.6) is 5.75 Å². The number of aliphatic hydroxyl groups is 2. The molecule has 0 bridgehead atoms. The van der Waals surface area contributed by atoms with Crippen molar-refractivity contribution in [3.05, 3.63) is 47.6 Å². The van der Waals surface area contributed by atoms with E-state index < -0.39 is 23.9 Å². The number of ether oxygens (including phenoxy) is 3. The van der Waals surface area contributed by atoms with E-state index in [9.17, 15) is 19.8 Å². The summed E-state index contributed by atoms with van der Waals surface area (Å²) in [5, 5.41) is 29.8. The van der Waals surface area contributed by atoms with Crippen molar-refractivity contribution in [2.75, 3.05) is 26.8 Å². The second-order valence-electron chi connectivity index (χ2n) is 7.79. The topological polar surface area (TPSA) is 148 Å². The van der Waals surface area contributed by atoms with Gasteiger partial charge in [-0.25, -0.2) is 0 Å². The van der Waals surface area contributed by atoms with Crippen LogP contribution < -0.4 is 15.4 Å². The number of amides is 2. The monoisotopic (exact) mass is 773 g/mol. The largest absolute Gasteiger partial charge is 0.495 e. The van der Waals surface area contributed by atoms with Gasteiger partial charge >= 0.3 is 5.79 Å². The van der Waals surface area contributed by atoms with Crippen molar-refractivity contribution in [3.63, 3.8) is 0 Å². The number of benzene rings is 1. The van der Waals surface area contributed by atoms with Crippen molar-refractivity contribution >= 4 is 81.7 Å². The molecular formula is C22H23Br4N3O8. The van der Waals surface area contributed by atoms with Gasteiger partial charge in [0.15, 0.2) is 11.8 Å². The third-order valence-electron chi connectivity index (χ3n) is 5.29. The fraction of sp³-hybridized carbons (Fsp3) is 0.409. The highest BCUT2D eigenvalue weighted by atomic mass is 79.9. The van der Waals surface area contributed by atoms with Gasteiger partial charge in [-0.3, -0.25) is 9.59 Å². The standard InChI is InChI=1S/C22H23Br4N3O8/c1-34-18-14(25)7-22(36-9-15(18)26)20(32)17(29-37-22)21(33)28-3-2-4-35-19-12(23)5-11(6-13(19)24)16(31)8-27-10-30/h5-6,9-10,16,20,31-32H,2-4,7-8H2,1H3,(H,27,30)(H,28,33)/t16-,20+,22+/m1/s1. The summed E-state index contributed by atoms with van der Waals surface area (Å²) < 4.78 is 19.0. The molecule has 202 valence electrons. The number of carbonyl (C=O) groups is 2. The lowest BCUT2D eigenvalue weighted by atomic mass is 10.0. The van der Waals surface area contributed by atoms with Crippen molar-refractivity contribution in [1.82, 2.24) is 10.6 Å². The zero-order chi connectivity index (χ0) is 27.2. The Morgan fingerprint density at radius 1 is 1.32 bits per heavy atom. The van der Waals surface area contributed by atoms with Crippen molar-refractivity contribution in [2.24, 2.45) is 5.16 Å². The predicted octanol–water partition coefficient (Wildman–Crippen LogP) is 3.23. The minimum Gasteiger partial charge on any atom is -0.495 e. The number of rotatable bonds is 11. The molecule has 0 saturated carbocycles. The highest BCUT2D eigenvalue weighted by molar-refractivity contribution is 9.12. The van der Waals surface area contributed by atoms with Gasteiger partial charge in [0.05, 0.1) is 39.7 Å². The summed E-state index contributed by atoms with van der Waals surface area (Å²) in [5.41, 5.74) is 0.375. The first kappa shape index (κ1) is 29.9. The van der Waals surface area contributed by atoms with E-state index in [1.807, 2.05) is 0 Å². The highest BCUT2D eigenvalue weighted by Crippen LogP contribution is 2.41. The number of carbonyl (C=O) groups excluding carboxylic acids is 2. The summed E-state index contributed by atoms with van der Waals surface area (Å²) in [5.74, 6) is -1.23. The van der Waals surface area contributed by atoms with E-state index in [0.29, 0.717) is 47.8 Å². The Morgan fingerprint density at radius 2 is 2.03 bits per heavy atom. The van der Waals surface area contributed by atoms with Crippen LogP contribution in [0.1, 0.15) is 24.5 Å². The van der Waals surface area contributed by atoms with Crippen LogP contribution in [-0.4, -0.2) is 66.9 Å². The summed E-state index contributed by atoms with van der Waals surface area (Å²) in [6, 6.07) is 3.39. The van der Waals surface area contributed by atoms with Gasteiger partial charge < -0.3 is 39.9 Å². The second kappa shape index (κ2) is 13.4. The molecule has 2 amide bonds. The first-order chi connectivity index (χ1) is 17.6. The molecule has 2 heterocycles. The first-order valence-electron chi connectivity index (χ1n) is 10.8. The fourth-order valence-electron chi connectivity index (χ4n) is 3.42. The van der Waals surface area contributed by atoms with E-state index in [4.69, 9.17) is 19.0 Å². The highest BCUT2D eigenvalue weighted by Gasteiger charge is 2.54. The summed E-state index contributed by atoms with van der Waals surface area (Å²) in [6.45, 7) is 0.586. The molecule has 0 radical (unpaired) electrons. The second-order valence-corrected chi connectivity index (χ2v) is 11.3. The lowest BCUT2D eigenvalue weighted by molar-refractivity contribution is -0.225. The van der Waals surface area contributed by atoms with Crippen molar-refractivity contribution in [3.8, 4) is 5.75 Å². The van der Waals surface area contributed by atoms with Crippen molar-refractivity contribution < 1.29 is 38.9 Å². The molecule has 0 aliphatic carbocycles. The minimum atomic E-state index is -1.62. The number of hydrogen-bond donors (Lipinski definition) is 4. The van der Waals surface area contributed by atoms with Gasteiger partial charge in [-0.15, -0.1) is 0 Å². The van der Waals surface area contributed by atoms with Gasteiger partial charge in [-0.05, 0) is 71.9 Å². The molecule has 1 aromatic carbocycles. The number of nitrogens with zero attached hydrogens (tertiary/aromatic N) is 1. The summed E-state index contributed by atoms with van der Waals surface area (Å²) in [4.78, 5) is 28.4. The van der Waals surface area contributed by atoms with Crippen molar-refractivity contribution in [2.45, 2.75) is 30.8 Å². The maximum Gasteiger partial charge on any atom is 0.311 e. The van der Waals surface area contributed by atoms with E-state index in [0.717, 1.165) is 0 Å². The summed E-state index contributed by atoms with van der Waals surface area (Å²) in [6.07, 6.45) is 0.000404. The number of allylic oxidation sites excluding steroid dienone is 1. The molecule has 0 fully saturated rings. The Hall–Kier alpha value is -1.65. The molecule has 0 unspecified atom stereocenters. The van der Waals surface area contributed by atoms with Gasteiger partial charge in [0, 0.05) is 17.6 Å². The van der Waals surface area contributed by atoms with E-state index in [1.54, 1.807) is 12.1 Å². The molecule has 15 heteroatoms. The maximum absolute atomic E-state index is 12.6. The minimum absolute atomic E-state index is 0.0459. The van der Waals surface area contributed by atoms with Crippen LogP contribution in [0.4, 0.5) is 0 Å². The molecule has 2 aliphatic rings. The Balaban J connectivity index is 1.50. The first-order valence-corrected chi connectivity index (χ1v) is 14.0. The summed E-state index contributed by atoms with van der Waals surface area (Å²) in [7, 11) is 1.49. The van der Waals surface area contributed by atoms with Gasteiger partial charge in [0.2, 0.25) is 6.41 Å². The Morgan fingerprint density at radius 3 is 2.68 bits per heavy atom. The third-order valence-corrected chi connectivity index (χ3v) is 7.66. The molecule has 37 heavy (non-hydrogen) atoms. The van der Waals surface area contributed by atoms with Crippen LogP contribution in [0.15, 0.2) is 47.2 Å². The van der Waals surface area contributed by atoms with E-state index in [2.05, 4.69) is 79.5 Å². The van der Waals surface area contributed by atoms with Crippen LogP contribution in [0.25, 0.3) is 0 Å². The number of nitrogens with one attached hydrogen (secondary N) is 2. The lowest BCUT2D eigenvalue weighted by Gasteiger charge is -2.27. The predicted molar refractivity (Wildman–Crippen MR) is 147 cm³/mol. The molecule has 3 atom stereocenters. The average Bonchev–Trinajstić information content (AvgIpc) is 3.11. The van der Waals surface area contributed by atoms with E-state index >= 15 is 0 Å². The smallest absolute Gasteiger partial charge is 0.311 e. The van der Waals surface area contributed by atoms with Gasteiger partial charge in [0.1, 0.15) is 17.8 Å². The van der Waals surface area contributed by atoms with Crippen LogP contribution in [0, 0.1) is 0 Å². The van der Waals surface area contributed by atoms with E-state index in [1.165, 1.54) is 13.4 Å². The molecule has 1 aromatic rings. The molecular weight excluding hydrogens is 754 g/mol. The molecule has 3 rings (SSSR count). The van der Waals surface area contributed by atoms with Crippen LogP contribution in [0.2, 0.25) is 0 Å². The normalized spacial score (nSPS) is 21.8. The van der Waals surface area contributed by atoms with Crippen LogP contribution in [0.3, 0.4) is 0 Å². The molecule has 11 nitrogen and oxygen atoms in total. The number of oxime groups is 1. The van der Waals surface area contributed by atoms with Crippen LogP contribution in [-0.2, 0) is 23.9 Å². The summed E-state index contributed by atoms with van der Waals surface area (Å²) >= 11 is 13.6. The van der Waals surface area contributed by atoms with Gasteiger partial charge in [-0.2, -0.15) is 0 Å². The molecule has 0 aromatic heterocycles. The molecule has 2 aliphatic heterocycles. The Labute approximate surface area is 246 Å². The fourth-order valence-corrected chi connectivity index (χ4v) is 6.40. The van der Waals surface area contributed by atoms with Crippen molar-refractivity contribution in [1.29, 1.82) is 0 Å². The number of aliphatic hydroxyl groups excluding tert-OH is 2. The molecule has 1 spiro atoms. The average molecular weight is 777 g/mol.